The highest BCUT2D eigenvalue weighted by Gasteiger charge is 1.99. The van der Waals surface area contributed by atoms with Crippen molar-refractivity contribution in [3.05, 3.63) is 24.3 Å². The monoisotopic (exact) mass is 194 g/mol. The van der Waals surface area contributed by atoms with Crippen molar-refractivity contribution in [3.8, 4) is 5.75 Å². The van der Waals surface area contributed by atoms with Crippen molar-refractivity contribution < 1.29 is 14.7 Å². The van der Waals surface area contributed by atoms with Gasteiger partial charge in [0.05, 0.1) is 6.54 Å². The molecular weight excluding hydrogens is 184 g/mol. The van der Waals surface area contributed by atoms with E-state index in [1.807, 2.05) is 5.32 Å². The number of imide groups is 1. The molecule has 1 aromatic carbocycles. The van der Waals surface area contributed by atoms with Crippen molar-refractivity contribution in [1.82, 2.24) is 5.32 Å². The Hall–Kier alpha value is -2.04. The maximum atomic E-state index is 10.8. The van der Waals surface area contributed by atoms with E-state index >= 15 is 0 Å². The quantitative estimate of drug-likeness (QED) is 0.593. The molecule has 3 N–H and O–H groups in total. The first kappa shape index (κ1) is 10.0. The van der Waals surface area contributed by atoms with E-state index in [0.29, 0.717) is 12.1 Å². The Morgan fingerprint density at radius 1 is 1.50 bits per heavy atom. The number of carbonyl (C=O) groups is 2. The smallest absolute Gasteiger partial charge is 0.245 e. The number of carbonyl (C=O) groups excluding carboxylic acids is 2. The van der Waals surface area contributed by atoms with Crippen molar-refractivity contribution in [2.45, 2.75) is 0 Å². The van der Waals surface area contributed by atoms with Crippen LogP contribution in [0.2, 0.25) is 0 Å². The molecule has 1 rings (SSSR count). The molecule has 74 valence electrons. The second-order valence-corrected chi connectivity index (χ2v) is 2.59. The minimum atomic E-state index is -0.427. The molecule has 0 saturated heterocycles. The van der Waals surface area contributed by atoms with Gasteiger partial charge in [-0.25, -0.2) is 0 Å². The summed E-state index contributed by atoms with van der Waals surface area (Å²) in [5.74, 6) is -0.311. The SMILES string of the molecule is O=CNC(=O)CNc1cccc(O)c1. The minimum Gasteiger partial charge on any atom is -0.508 e. The zero-order chi connectivity index (χ0) is 10.4. The van der Waals surface area contributed by atoms with Gasteiger partial charge in [0, 0.05) is 11.8 Å². The zero-order valence-corrected chi connectivity index (χ0v) is 7.36. The fraction of sp³-hybridized carbons (Fsp3) is 0.111. The number of phenolic OH excluding ortho intramolecular Hbond substituents is 1. The minimum absolute atomic E-state index is 0.0117. The molecule has 0 spiro atoms. The van der Waals surface area contributed by atoms with Crippen LogP contribution < -0.4 is 10.6 Å². The first-order valence-electron chi connectivity index (χ1n) is 3.98. The highest BCUT2D eigenvalue weighted by atomic mass is 16.3. The molecule has 0 fully saturated rings. The Morgan fingerprint density at radius 2 is 2.29 bits per heavy atom. The number of hydrogen-bond acceptors (Lipinski definition) is 4. The second kappa shape index (κ2) is 4.86. The van der Waals surface area contributed by atoms with Crippen molar-refractivity contribution in [1.29, 1.82) is 0 Å². The molecule has 2 amide bonds. The summed E-state index contributed by atoms with van der Waals surface area (Å²) in [5.41, 5.74) is 0.617. The molecule has 5 nitrogen and oxygen atoms in total. The van der Waals surface area contributed by atoms with Gasteiger partial charge in [0.1, 0.15) is 5.75 Å². The van der Waals surface area contributed by atoms with Gasteiger partial charge in [-0.15, -0.1) is 0 Å². The van der Waals surface area contributed by atoms with Crippen LogP contribution in [0.1, 0.15) is 0 Å². The first-order chi connectivity index (χ1) is 6.72. The summed E-state index contributed by atoms with van der Waals surface area (Å²) in [6.07, 6.45) is 0.326. The predicted molar refractivity (Wildman–Crippen MR) is 50.8 cm³/mol. The van der Waals surface area contributed by atoms with Crippen molar-refractivity contribution in [2.75, 3.05) is 11.9 Å². The molecule has 0 unspecified atom stereocenters. The average molecular weight is 194 g/mol. The van der Waals surface area contributed by atoms with E-state index < -0.39 is 5.91 Å². The third-order valence-corrected chi connectivity index (χ3v) is 1.52. The largest absolute Gasteiger partial charge is 0.508 e. The normalized spacial score (nSPS) is 9.14. The summed E-state index contributed by atoms with van der Waals surface area (Å²) in [7, 11) is 0. The number of anilines is 1. The third-order valence-electron chi connectivity index (χ3n) is 1.52. The Bertz CT molecular complexity index is 339. The molecule has 0 heterocycles. The van der Waals surface area contributed by atoms with Crippen LogP contribution in [-0.4, -0.2) is 24.0 Å². The van der Waals surface area contributed by atoms with Gasteiger partial charge < -0.3 is 10.4 Å². The number of rotatable bonds is 4. The maximum absolute atomic E-state index is 10.8. The fourth-order valence-corrected chi connectivity index (χ4v) is 0.915. The van der Waals surface area contributed by atoms with E-state index in [-0.39, 0.29) is 12.3 Å². The van der Waals surface area contributed by atoms with Gasteiger partial charge in [0.2, 0.25) is 12.3 Å². The summed E-state index contributed by atoms with van der Waals surface area (Å²) < 4.78 is 0. The van der Waals surface area contributed by atoms with Gasteiger partial charge in [0.15, 0.2) is 0 Å². The molecular formula is C9H10N2O3. The van der Waals surface area contributed by atoms with Crippen LogP contribution in [0.15, 0.2) is 24.3 Å². The van der Waals surface area contributed by atoms with Gasteiger partial charge in [-0.05, 0) is 12.1 Å². The molecule has 0 aliphatic carbocycles. The van der Waals surface area contributed by atoms with Crippen molar-refractivity contribution in [3.63, 3.8) is 0 Å². The summed E-state index contributed by atoms with van der Waals surface area (Å²) in [6, 6.07) is 6.36. The highest BCUT2D eigenvalue weighted by Crippen LogP contribution is 2.14. The molecule has 0 saturated carbocycles. The molecule has 0 radical (unpaired) electrons. The predicted octanol–water partition coefficient (Wildman–Crippen LogP) is 0.0767. The van der Waals surface area contributed by atoms with E-state index in [1.54, 1.807) is 12.1 Å². The van der Waals surface area contributed by atoms with Crippen LogP contribution in [-0.2, 0) is 9.59 Å². The van der Waals surface area contributed by atoms with Crippen LogP contribution in [0.3, 0.4) is 0 Å². The van der Waals surface area contributed by atoms with Crippen LogP contribution in [0.5, 0.6) is 5.75 Å². The molecule has 1 aromatic rings. The average Bonchev–Trinajstić information content (AvgIpc) is 2.15. The molecule has 5 heteroatoms. The van der Waals surface area contributed by atoms with E-state index in [9.17, 15) is 9.59 Å². The lowest BCUT2D eigenvalue weighted by molar-refractivity contribution is -0.123. The first-order valence-corrected chi connectivity index (χ1v) is 3.98. The number of benzene rings is 1. The van der Waals surface area contributed by atoms with Crippen LogP contribution in [0.4, 0.5) is 5.69 Å². The number of phenols is 1. The zero-order valence-electron chi connectivity index (χ0n) is 7.36. The van der Waals surface area contributed by atoms with Crippen LogP contribution in [0.25, 0.3) is 0 Å². The van der Waals surface area contributed by atoms with Gasteiger partial charge in [-0.2, -0.15) is 0 Å². The lowest BCUT2D eigenvalue weighted by Gasteiger charge is -2.04. The Labute approximate surface area is 80.7 Å². The third kappa shape index (κ3) is 3.14. The Kier molecular flexibility index (Phi) is 3.49. The molecule has 0 aliphatic heterocycles. The molecule has 0 atom stereocenters. The number of nitrogens with one attached hydrogen (secondary N) is 2. The molecule has 14 heavy (non-hydrogen) atoms. The van der Waals surface area contributed by atoms with Gasteiger partial charge in [-0.1, -0.05) is 6.07 Å². The van der Waals surface area contributed by atoms with Crippen molar-refractivity contribution in [2.24, 2.45) is 0 Å². The van der Waals surface area contributed by atoms with Gasteiger partial charge in [0.25, 0.3) is 0 Å². The lowest BCUT2D eigenvalue weighted by atomic mass is 10.3. The Morgan fingerprint density at radius 3 is 2.93 bits per heavy atom. The molecule has 0 bridgehead atoms. The summed E-state index contributed by atoms with van der Waals surface area (Å²) in [6.45, 7) is -0.0117. The molecule has 0 aliphatic rings. The van der Waals surface area contributed by atoms with E-state index in [4.69, 9.17) is 5.11 Å². The summed E-state index contributed by atoms with van der Waals surface area (Å²) in [5, 5.41) is 13.8. The number of hydrogen-bond donors (Lipinski definition) is 3. The lowest BCUT2D eigenvalue weighted by Crippen LogP contribution is -2.28. The maximum Gasteiger partial charge on any atom is 0.245 e. The second-order valence-electron chi connectivity index (χ2n) is 2.59. The van der Waals surface area contributed by atoms with Gasteiger partial charge in [-0.3, -0.25) is 14.9 Å². The standard InChI is InChI=1S/C9H10N2O3/c12-6-11-9(14)5-10-7-2-1-3-8(13)4-7/h1-4,6,10,13H,5H2,(H,11,12,14). The number of aromatic hydroxyl groups is 1. The Balaban J connectivity index is 2.45. The highest BCUT2D eigenvalue weighted by molar-refractivity contribution is 5.88. The van der Waals surface area contributed by atoms with Crippen molar-refractivity contribution >= 4 is 18.0 Å². The van der Waals surface area contributed by atoms with Crippen LogP contribution >= 0.6 is 0 Å². The van der Waals surface area contributed by atoms with Gasteiger partial charge >= 0.3 is 0 Å². The topological polar surface area (TPSA) is 78.4 Å². The molecule has 0 aromatic heterocycles. The summed E-state index contributed by atoms with van der Waals surface area (Å²) in [4.78, 5) is 20.7. The number of amides is 2. The van der Waals surface area contributed by atoms with E-state index in [0.717, 1.165) is 0 Å². The van der Waals surface area contributed by atoms with E-state index in [1.165, 1.54) is 12.1 Å². The van der Waals surface area contributed by atoms with E-state index in [2.05, 4.69) is 5.32 Å². The fourth-order valence-electron chi connectivity index (χ4n) is 0.915. The van der Waals surface area contributed by atoms with Crippen LogP contribution in [0, 0.1) is 0 Å². The summed E-state index contributed by atoms with van der Waals surface area (Å²) >= 11 is 0.